The third-order valence-corrected chi connectivity index (χ3v) is 7.66. The molecule has 38 heavy (non-hydrogen) atoms. The summed E-state index contributed by atoms with van der Waals surface area (Å²) in [5.41, 5.74) is 4.57. The van der Waals surface area contributed by atoms with Gasteiger partial charge in [0.1, 0.15) is 6.04 Å². The molecular weight excluding hydrogens is 498 g/mol. The Balaban J connectivity index is 1.83. The van der Waals surface area contributed by atoms with Gasteiger partial charge in [0.2, 0.25) is 21.8 Å². The summed E-state index contributed by atoms with van der Waals surface area (Å²) in [4.78, 5) is 28.3. The highest BCUT2D eigenvalue weighted by Gasteiger charge is 2.30. The van der Waals surface area contributed by atoms with Gasteiger partial charge in [0.15, 0.2) is 0 Å². The fraction of sp³-hybridized carbons (Fsp3) is 0.333. The lowest BCUT2D eigenvalue weighted by Crippen LogP contribution is -2.49. The molecule has 1 atom stereocenters. The van der Waals surface area contributed by atoms with Gasteiger partial charge in [0.05, 0.1) is 11.9 Å². The average molecular weight is 536 g/mol. The lowest BCUT2D eigenvalue weighted by Gasteiger charge is -2.31. The first-order valence-electron chi connectivity index (χ1n) is 12.7. The Morgan fingerprint density at radius 1 is 0.842 bits per heavy atom. The molecule has 0 heterocycles. The van der Waals surface area contributed by atoms with E-state index in [-0.39, 0.29) is 31.3 Å². The van der Waals surface area contributed by atoms with Crippen molar-refractivity contribution in [1.82, 2.24) is 10.2 Å². The smallest absolute Gasteiger partial charge is 0.242 e. The number of benzene rings is 3. The molecule has 2 amide bonds. The molecule has 0 aliphatic heterocycles. The zero-order chi connectivity index (χ0) is 27.7. The molecular formula is C30H37N3O4S. The van der Waals surface area contributed by atoms with Gasteiger partial charge in [0.25, 0.3) is 0 Å². The summed E-state index contributed by atoms with van der Waals surface area (Å²) in [6.07, 6.45) is 1.96. The minimum atomic E-state index is -3.53. The molecule has 0 fully saturated rings. The van der Waals surface area contributed by atoms with Crippen molar-refractivity contribution in [3.05, 3.63) is 101 Å². The molecule has 202 valence electrons. The number of rotatable bonds is 12. The normalized spacial score (nSPS) is 12.0. The predicted molar refractivity (Wildman–Crippen MR) is 152 cm³/mol. The van der Waals surface area contributed by atoms with Crippen molar-refractivity contribution in [2.45, 2.75) is 45.7 Å². The fourth-order valence-corrected chi connectivity index (χ4v) is 5.29. The van der Waals surface area contributed by atoms with E-state index in [0.29, 0.717) is 18.5 Å². The molecule has 0 aliphatic carbocycles. The summed E-state index contributed by atoms with van der Waals surface area (Å²) in [6, 6.07) is 24.0. The number of carbonyl (C=O) groups excluding carboxylic acids is 2. The van der Waals surface area contributed by atoms with Gasteiger partial charge in [-0.15, -0.1) is 0 Å². The number of hydrogen-bond donors (Lipinski definition) is 1. The van der Waals surface area contributed by atoms with Crippen LogP contribution in [-0.4, -0.2) is 51.0 Å². The number of nitrogens with one attached hydrogen (secondary N) is 1. The first kappa shape index (κ1) is 28.9. The van der Waals surface area contributed by atoms with Crippen molar-refractivity contribution in [1.29, 1.82) is 0 Å². The van der Waals surface area contributed by atoms with Gasteiger partial charge >= 0.3 is 0 Å². The lowest BCUT2D eigenvalue weighted by molar-refractivity contribution is -0.141. The second-order valence-electron chi connectivity index (χ2n) is 9.60. The Kier molecular flexibility index (Phi) is 10.1. The minimum absolute atomic E-state index is 0.103. The molecule has 8 heteroatoms. The molecule has 3 aromatic carbocycles. The number of carbonyl (C=O) groups is 2. The Morgan fingerprint density at radius 3 is 1.97 bits per heavy atom. The first-order chi connectivity index (χ1) is 18.1. The highest BCUT2D eigenvalue weighted by atomic mass is 32.2. The van der Waals surface area contributed by atoms with Crippen LogP contribution < -0.4 is 9.62 Å². The van der Waals surface area contributed by atoms with Crippen LogP contribution in [0.5, 0.6) is 0 Å². The molecule has 1 unspecified atom stereocenters. The summed E-state index contributed by atoms with van der Waals surface area (Å²) in [5, 5.41) is 2.72. The van der Waals surface area contributed by atoms with E-state index in [2.05, 4.69) is 5.32 Å². The molecule has 1 N–H and O–H groups in total. The second kappa shape index (κ2) is 13.2. The van der Waals surface area contributed by atoms with Gasteiger partial charge in [-0.3, -0.25) is 13.9 Å². The Bertz CT molecular complexity index is 1310. The average Bonchev–Trinajstić information content (AvgIpc) is 2.89. The zero-order valence-electron chi connectivity index (χ0n) is 22.6. The van der Waals surface area contributed by atoms with E-state index in [1.54, 1.807) is 24.1 Å². The van der Waals surface area contributed by atoms with E-state index < -0.39 is 16.1 Å². The minimum Gasteiger partial charge on any atom is -0.357 e. The van der Waals surface area contributed by atoms with Crippen LogP contribution in [0.2, 0.25) is 0 Å². The molecule has 0 saturated heterocycles. The number of sulfonamides is 1. The monoisotopic (exact) mass is 535 g/mol. The summed E-state index contributed by atoms with van der Waals surface area (Å²) < 4.78 is 26.3. The van der Waals surface area contributed by atoms with Crippen LogP contribution in [0.3, 0.4) is 0 Å². The van der Waals surface area contributed by atoms with Crippen LogP contribution in [0, 0.1) is 13.8 Å². The van der Waals surface area contributed by atoms with E-state index in [9.17, 15) is 18.0 Å². The van der Waals surface area contributed by atoms with Gasteiger partial charge in [-0.05, 0) is 43.5 Å². The molecule has 0 saturated carbocycles. The van der Waals surface area contributed by atoms with Crippen molar-refractivity contribution in [3.63, 3.8) is 0 Å². The van der Waals surface area contributed by atoms with Crippen molar-refractivity contribution < 1.29 is 18.0 Å². The Hall–Kier alpha value is -3.65. The summed E-state index contributed by atoms with van der Waals surface area (Å²) in [6.45, 7) is 4.37. The molecule has 0 radical (unpaired) electrons. The molecule has 3 aromatic rings. The van der Waals surface area contributed by atoms with Gasteiger partial charge < -0.3 is 10.2 Å². The second-order valence-corrected chi connectivity index (χ2v) is 11.5. The van der Waals surface area contributed by atoms with Crippen LogP contribution in [-0.2, 0) is 32.6 Å². The first-order valence-corrected chi connectivity index (χ1v) is 14.6. The van der Waals surface area contributed by atoms with Crippen LogP contribution in [0.4, 0.5) is 5.69 Å². The number of hydrogen-bond acceptors (Lipinski definition) is 4. The maximum atomic E-state index is 13.7. The molecule has 3 rings (SSSR count). The van der Waals surface area contributed by atoms with Crippen LogP contribution in [0.15, 0.2) is 78.9 Å². The highest BCUT2D eigenvalue weighted by Crippen LogP contribution is 2.21. The molecule has 0 bridgehead atoms. The molecule has 0 aliphatic rings. The van der Waals surface area contributed by atoms with Gasteiger partial charge in [-0.25, -0.2) is 8.42 Å². The van der Waals surface area contributed by atoms with Gasteiger partial charge in [0, 0.05) is 33.0 Å². The van der Waals surface area contributed by atoms with E-state index in [1.807, 2.05) is 80.6 Å². The molecule has 7 nitrogen and oxygen atoms in total. The van der Waals surface area contributed by atoms with E-state index >= 15 is 0 Å². The fourth-order valence-electron chi connectivity index (χ4n) is 4.33. The topological polar surface area (TPSA) is 86.8 Å². The van der Waals surface area contributed by atoms with E-state index in [1.165, 1.54) is 10.6 Å². The predicted octanol–water partition coefficient (Wildman–Crippen LogP) is 4.24. The standard InChI is InChI=1S/C30H37N3O4S/c1-23-12-16-26(17-13-23)22-32(28(30(35)31-3)21-25-9-6-5-7-10-25)29(34)11-8-20-33(38(4,36)37)27-18-14-24(2)15-19-27/h5-7,9-10,12-19,28H,8,11,20-22H2,1-4H3,(H,31,35). The Morgan fingerprint density at radius 2 is 1.42 bits per heavy atom. The van der Waals surface area contributed by atoms with Crippen LogP contribution in [0.25, 0.3) is 0 Å². The SMILES string of the molecule is CNC(=O)C(Cc1ccccc1)N(Cc1ccc(C)cc1)C(=O)CCCN(c1ccc(C)cc1)S(C)(=O)=O. The maximum Gasteiger partial charge on any atom is 0.242 e. The summed E-state index contributed by atoms with van der Waals surface area (Å²) in [7, 11) is -1.96. The highest BCUT2D eigenvalue weighted by molar-refractivity contribution is 7.92. The van der Waals surface area contributed by atoms with E-state index in [4.69, 9.17) is 0 Å². The lowest BCUT2D eigenvalue weighted by atomic mass is 10.0. The van der Waals surface area contributed by atoms with Crippen LogP contribution in [0.1, 0.15) is 35.1 Å². The Labute approximate surface area is 226 Å². The largest absolute Gasteiger partial charge is 0.357 e. The van der Waals surface area contributed by atoms with E-state index in [0.717, 1.165) is 22.3 Å². The molecule has 0 aromatic heterocycles. The van der Waals surface area contributed by atoms with Gasteiger partial charge in [-0.1, -0.05) is 77.9 Å². The van der Waals surface area contributed by atoms with Crippen LogP contribution >= 0.6 is 0 Å². The summed E-state index contributed by atoms with van der Waals surface area (Å²) >= 11 is 0. The number of anilines is 1. The quantitative estimate of drug-likeness (QED) is 0.376. The van der Waals surface area contributed by atoms with Crippen molar-refractivity contribution in [2.24, 2.45) is 0 Å². The number of likely N-dealkylation sites (N-methyl/N-ethyl adjacent to an activating group) is 1. The third kappa shape index (κ3) is 8.18. The van der Waals surface area contributed by atoms with Crippen molar-refractivity contribution in [3.8, 4) is 0 Å². The van der Waals surface area contributed by atoms with Crippen molar-refractivity contribution in [2.75, 3.05) is 24.2 Å². The third-order valence-electron chi connectivity index (χ3n) is 6.47. The number of aryl methyl sites for hydroxylation is 2. The maximum absolute atomic E-state index is 13.7. The summed E-state index contributed by atoms with van der Waals surface area (Å²) in [5.74, 6) is -0.445. The molecule has 0 spiro atoms. The zero-order valence-corrected chi connectivity index (χ0v) is 23.4. The van der Waals surface area contributed by atoms with Gasteiger partial charge in [-0.2, -0.15) is 0 Å². The van der Waals surface area contributed by atoms with Crippen molar-refractivity contribution >= 4 is 27.5 Å². The number of nitrogens with zero attached hydrogens (tertiary/aromatic N) is 2. The number of amides is 2.